The van der Waals surface area contributed by atoms with Gasteiger partial charge in [0.1, 0.15) is 5.60 Å². The summed E-state index contributed by atoms with van der Waals surface area (Å²) in [6.45, 7) is 6.91. The molecule has 0 atom stereocenters. The average Bonchev–Trinajstić information content (AvgIpc) is 2.77. The molecule has 7 heteroatoms. The smallest absolute Gasteiger partial charge is 0.410 e. The third-order valence-corrected chi connectivity index (χ3v) is 5.18. The van der Waals surface area contributed by atoms with Gasteiger partial charge < -0.3 is 19.1 Å². The van der Waals surface area contributed by atoms with E-state index < -0.39 is 5.60 Å². The highest BCUT2D eigenvalue weighted by atomic mass is 16.6. The highest BCUT2D eigenvalue weighted by Gasteiger charge is 2.21. The molecule has 1 aromatic rings. The van der Waals surface area contributed by atoms with Gasteiger partial charge in [-0.15, -0.1) is 0 Å². The summed E-state index contributed by atoms with van der Waals surface area (Å²) in [5, 5.41) is 0. The van der Waals surface area contributed by atoms with E-state index >= 15 is 0 Å². The van der Waals surface area contributed by atoms with Crippen LogP contribution in [0.25, 0.3) is 0 Å². The van der Waals surface area contributed by atoms with Crippen LogP contribution in [0.4, 0.5) is 4.79 Å². The highest BCUT2D eigenvalue weighted by molar-refractivity contribution is 5.89. The Balaban J connectivity index is 2.45. The van der Waals surface area contributed by atoms with Gasteiger partial charge in [0.05, 0.1) is 19.8 Å². The molecule has 33 heavy (non-hydrogen) atoms. The molecule has 0 spiro atoms. The quantitative estimate of drug-likeness (QED) is 0.204. The van der Waals surface area contributed by atoms with Gasteiger partial charge in [0.25, 0.3) is 0 Å². The van der Waals surface area contributed by atoms with Crippen LogP contribution in [0.2, 0.25) is 0 Å². The first kappa shape index (κ1) is 28.5. The molecule has 1 amide bonds. The maximum absolute atomic E-state index is 12.7. The van der Waals surface area contributed by atoms with Gasteiger partial charge in [-0.05, 0) is 70.6 Å². The number of benzene rings is 1. The molecule has 0 aliphatic rings. The summed E-state index contributed by atoms with van der Waals surface area (Å²) in [5.74, 6) is -0.499. The van der Waals surface area contributed by atoms with Crippen molar-refractivity contribution in [1.29, 1.82) is 0 Å². The van der Waals surface area contributed by atoms with Crippen molar-refractivity contribution in [3.63, 3.8) is 0 Å². The fourth-order valence-electron chi connectivity index (χ4n) is 3.43. The molecule has 1 rings (SSSR count). The number of amides is 1. The fourth-order valence-corrected chi connectivity index (χ4v) is 3.43. The Hall–Kier alpha value is -2.57. The lowest BCUT2D eigenvalue weighted by Gasteiger charge is -2.27. The number of unbranched alkanes of at least 4 members (excludes halogenated alkanes) is 5. The molecule has 0 aliphatic carbocycles. The van der Waals surface area contributed by atoms with Gasteiger partial charge in [-0.25, -0.2) is 9.59 Å². The van der Waals surface area contributed by atoms with E-state index in [2.05, 4.69) is 4.74 Å². The molecule has 0 fully saturated rings. The van der Waals surface area contributed by atoms with E-state index in [9.17, 15) is 14.4 Å². The maximum atomic E-state index is 12.7. The third-order valence-electron chi connectivity index (χ3n) is 5.18. The molecule has 0 aromatic heterocycles. The van der Waals surface area contributed by atoms with Gasteiger partial charge in [0.2, 0.25) is 0 Å². The van der Waals surface area contributed by atoms with Crippen molar-refractivity contribution in [2.45, 2.75) is 84.2 Å². The Labute approximate surface area is 198 Å². The predicted molar refractivity (Wildman–Crippen MR) is 128 cm³/mol. The Morgan fingerprint density at radius 2 is 1.48 bits per heavy atom. The van der Waals surface area contributed by atoms with E-state index in [-0.39, 0.29) is 18.0 Å². The van der Waals surface area contributed by atoms with Gasteiger partial charge >= 0.3 is 18.0 Å². The van der Waals surface area contributed by atoms with Crippen LogP contribution in [-0.4, -0.2) is 55.8 Å². The van der Waals surface area contributed by atoms with Gasteiger partial charge in [0, 0.05) is 19.5 Å². The summed E-state index contributed by atoms with van der Waals surface area (Å²) in [7, 11) is 2.79. The third kappa shape index (κ3) is 12.9. The number of aryl methyl sites for hydroxylation is 1. The Kier molecular flexibility index (Phi) is 13.2. The minimum atomic E-state index is -0.530. The number of methoxy groups -OCH3 is 2. The second-order valence-corrected chi connectivity index (χ2v) is 9.21. The van der Waals surface area contributed by atoms with Crippen molar-refractivity contribution in [1.82, 2.24) is 4.90 Å². The van der Waals surface area contributed by atoms with Crippen molar-refractivity contribution >= 4 is 18.0 Å². The molecular weight excluding hydrogens is 422 g/mol. The molecule has 0 bridgehead atoms. The lowest BCUT2D eigenvalue weighted by atomic mass is 10.0. The minimum Gasteiger partial charge on any atom is -0.469 e. The van der Waals surface area contributed by atoms with Gasteiger partial charge in [-0.1, -0.05) is 31.4 Å². The molecule has 0 heterocycles. The fraction of sp³-hybridized carbons (Fsp3) is 0.654. The number of nitrogens with zero attached hydrogens (tertiary/aromatic N) is 1. The van der Waals surface area contributed by atoms with Crippen molar-refractivity contribution in [3.8, 4) is 0 Å². The number of carbonyl (C=O) groups is 3. The number of rotatable bonds is 14. The molecule has 0 saturated carbocycles. The molecule has 186 valence electrons. The van der Waals surface area contributed by atoms with Crippen LogP contribution >= 0.6 is 0 Å². The highest BCUT2D eigenvalue weighted by Crippen LogP contribution is 2.14. The molecule has 7 nitrogen and oxygen atoms in total. The number of hydrogen-bond donors (Lipinski definition) is 0. The lowest BCUT2D eigenvalue weighted by molar-refractivity contribution is -0.140. The Morgan fingerprint density at radius 3 is 2.12 bits per heavy atom. The molecular formula is C26H41NO6. The van der Waals surface area contributed by atoms with E-state index in [1.807, 2.05) is 39.0 Å². The minimum absolute atomic E-state index is 0.164. The SMILES string of the molecule is COC(=O)CCCCCCCN(CCCCc1cccc(C(=O)OC)c1)C(=O)OC(C)(C)C. The zero-order chi connectivity index (χ0) is 24.7. The summed E-state index contributed by atoms with van der Waals surface area (Å²) in [5.41, 5.74) is 1.10. The van der Waals surface area contributed by atoms with E-state index in [1.165, 1.54) is 14.2 Å². The largest absolute Gasteiger partial charge is 0.469 e. The van der Waals surface area contributed by atoms with Crippen LogP contribution < -0.4 is 0 Å². The second kappa shape index (κ2) is 15.3. The van der Waals surface area contributed by atoms with E-state index in [4.69, 9.17) is 9.47 Å². The molecule has 0 N–H and O–H groups in total. The van der Waals surface area contributed by atoms with Crippen molar-refractivity contribution in [3.05, 3.63) is 35.4 Å². The van der Waals surface area contributed by atoms with Gasteiger partial charge in [-0.2, -0.15) is 0 Å². The van der Waals surface area contributed by atoms with Crippen LogP contribution in [0.1, 0.15) is 88.1 Å². The lowest BCUT2D eigenvalue weighted by Crippen LogP contribution is -2.38. The zero-order valence-corrected chi connectivity index (χ0v) is 21.0. The first-order valence-electron chi connectivity index (χ1n) is 11.9. The number of esters is 2. The number of hydrogen-bond acceptors (Lipinski definition) is 6. The summed E-state index contributed by atoms with van der Waals surface area (Å²) in [6, 6.07) is 7.46. The van der Waals surface area contributed by atoms with Crippen LogP contribution in [0.3, 0.4) is 0 Å². The standard InChI is InChI=1S/C26H41NO6/c1-26(2,3)33-25(30)27(18-11-8-6-7-9-17-23(28)31-4)19-12-10-14-21-15-13-16-22(20-21)24(29)32-5/h13,15-16,20H,6-12,14,17-19H2,1-5H3. The summed E-state index contributed by atoms with van der Waals surface area (Å²) in [4.78, 5) is 37.3. The molecule has 0 radical (unpaired) electrons. The van der Waals surface area contributed by atoms with Crippen LogP contribution in [0, 0.1) is 0 Å². The van der Waals surface area contributed by atoms with E-state index in [1.54, 1.807) is 11.0 Å². The predicted octanol–water partition coefficient (Wildman–Crippen LogP) is 5.55. The monoisotopic (exact) mass is 463 g/mol. The van der Waals surface area contributed by atoms with Crippen LogP contribution in [0.5, 0.6) is 0 Å². The van der Waals surface area contributed by atoms with Gasteiger partial charge in [-0.3, -0.25) is 4.79 Å². The van der Waals surface area contributed by atoms with Crippen molar-refractivity contribution in [2.75, 3.05) is 27.3 Å². The van der Waals surface area contributed by atoms with E-state index in [0.29, 0.717) is 25.1 Å². The maximum Gasteiger partial charge on any atom is 0.410 e. The van der Waals surface area contributed by atoms with Crippen LogP contribution in [-0.2, 0) is 25.4 Å². The second-order valence-electron chi connectivity index (χ2n) is 9.21. The van der Waals surface area contributed by atoms with Crippen molar-refractivity contribution in [2.24, 2.45) is 0 Å². The Morgan fingerprint density at radius 1 is 0.848 bits per heavy atom. The molecule has 0 saturated heterocycles. The first-order valence-corrected chi connectivity index (χ1v) is 11.9. The summed E-state index contributed by atoms with van der Waals surface area (Å²) >= 11 is 0. The van der Waals surface area contributed by atoms with E-state index in [0.717, 1.165) is 56.9 Å². The summed E-state index contributed by atoms with van der Waals surface area (Å²) in [6.07, 6.45) is 7.50. The molecule has 1 aromatic carbocycles. The van der Waals surface area contributed by atoms with Crippen molar-refractivity contribution < 1.29 is 28.6 Å². The normalized spacial score (nSPS) is 11.1. The molecule has 0 aliphatic heterocycles. The first-order chi connectivity index (χ1) is 15.7. The van der Waals surface area contributed by atoms with Crippen LogP contribution in [0.15, 0.2) is 24.3 Å². The topological polar surface area (TPSA) is 82.1 Å². The number of ether oxygens (including phenoxy) is 3. The summed E-state index contributed by atoms with van der Waals surface area (Å²) < 4.78 is 15.0. The molecule has 0 unspecified atom stereocenters. The zero-order valence-electron chi connectivity index (χ0n) is 21.0. The van der Waals surface area contributed by atoms with Gasteiger partial charge in [0.15, 0.2) is 0 Å². The average molecular weight is 464 g/mol. The Bertz CT molecular complexity index is 741. The number of carbonyl (C=O) groups excluding carboxylic acids is 3.